The molecule has 2 rings (SSSR count). The molecule has 27 heavy (non-hydrogen) atoms. The molecule has 0 aromatic heterocycles. The lowest BCUT2D eigenvalue weighted by atomic mass is 9.97. The van der Waals surface area contributed by atoms with Crippen molar-refractivity contribution < 1.29 is 27.9 Å². The van der Waals surface area contributed by atoms with Gasteiger partial charge in [0.15, 0.2) is 0 Å². The van der Waals surface area contributed by atoms with E-state index in [4.69, 9.17) is 9.84 Å². The summed E-state index contributed by atoms with van der Waals surface area (Å²) < 4.78 is 32.4. The van der Waals surface area contributed by atoms with Gasteiger partial charge in [0.25, 0.3) is 5.91 Å². The number of amides is 1. The Morgan fingerprint density at radius 1 is 1.26 bits per heavy atom. The number of carbonyl (C=O) groups is 2. The number of sulfonamides is 1. The van der Waals surface area contributed by atoms with E-state index >= 15 is 0 Å². The predicted molar refractivity (Wildman–Crippen MR) is 99.2 cm³/mol. The van der Waals surface area contributed by atoms with Crippen molar-refractivity contribution in [3.8, 4) is 0 Å². The third kappa shape index (κ3) is 5.50. The maximum atomic E-state index is 12.9. The molecule has 2 N–H and O–H groups in total. The summed E-state index contributed by atoms with van der Waals surface area (Å²) in [6.45, 7) is 6.39. The van der Waals surface area contributed by atoms with Crippen molar-refractivity contribution in [2.45, 2.75) is 44.0 Å². The molecule has 0 bridgehead atoms. The molecule has 0 aliphatic carbocycles. The van der Waals surface area contributed by atoms with Crippen LogP contribution in [-0.2, 0) is 19.6 Å². The second-order valence-corrected chi connectivity index (χ2v) is 9.13. The average Bonchev–Trinajstić information content (AvgIpc) is 2.60. The highest BCUT2D eigenvalue weighted by atomic mass is 32.2. The summed E-state index contributed by atoms with van der Waals surface area (Å²) in [4.78, 5) is 23.4. The number of nitrogens with zero attached hydrogens (tertiary/aromatic N) is 1. The fourth-order valence-electron chi connectivity index (χ4n) is 2.81. The van der Waals surface area contributed by atoms with Crippen LogP contribution in [0.1, 0.15) is 42.6 Å². The average molecular weight is 398 g/mol. The molecular formula is C18H26N2O6S. The van der Waals surface area contributed by atoms with Crippen LogP contribution in [0.4, 0.5) is 0 Å². The summed E-state index contributed by atoms with van der Waals surface area (Å²) in [5.41, 5.74) is 0.0443. The summed E-state index contributed by atoms with van der Waals surface area (Å²) in [5.74, 6) is -1.38. The van der Waals surface area contributed by atoms with Crippen LogP contribution in [0.25, 0.3) is 0 Å². The molecule has 0 radical (unpaired) electrons. The smallest absolute Gasteiger partial charge is 0.303 e. The van der Waals surface area contributed by atoms with Gasteiger partial charge in [0.2, 0.25) is 10.0 Å². The summed E-state index contributed by atoms with van der Waals surface area (Å²) in [6.07, 6.45) is 0.191. The number of aliphatic carboxylic acids is 1. The monoisotopic (exact) mass is 398 g/mol. The quantitative estimate of drug-likeness (QED) is 0.718. The van der Waals surface area contributed by atoms with Crippen LogP contribution < -0.4 is 5.32 Å². The number of carbonyl (C=O) groups excluding carboxylic acids is 1. The molecule has 1 fully saturated rings. The fraction of sp³-hybridized carbons (Fsp3) is 0.556. The van der Waals surface area contributed by atoms with Gasteiger partial charge in [-0.3, -0.25) is 9.59 Å². The minimum Gasteiger partial charge on any atom is -0.481 e. The van der Waals surface area contributed by atoms with Gasteiger partial charge in [0, 0.05) is 30.6 Å². The minimum absolute atomic E-state index is 0.0716. The Kier molecular flexibility index (Phi) is 6.61. The Hall–Kier alpha value is -1.97. The first-order valence-electron chi connectivity index (χ1n) is 8.76. The molecule has 0 atom stereocenters. The van der Waals surface area contributed by atoms with Crippen LogP contribution >= 0.6 is 0 Å². The maximum absolute atomic E-state index is 12.9. The van der Waals surface area contributed by atoms with Crippen LogP contribution in [-0.4, -0.2) is 61.5 Å². The topological polar surface area (TPSA) is 113 Å². The van der Waals surface area contributed by atoms with Gasteiger partial charge in [-0.05, 0) is 44.9 Å². The second-order valence-electron chi connectivity index (χ2n) is 7.23. The number of nitrogens with one attached hydrogen (secondary N) is 1. The van der Waals surface area contributed by atoms with Crippen molar-refractivity contribution in [2.24, 2.45) is 0 Å². The molecule has 1 aliphatic heterocycles. The Morgan fingerprint density at radius 2 is 1.89 bits per heavy atom. The van der Waals surface area contributed by atoms with Crippen LogP contribution in [0.3, 0.4) is 0 Å². The van der Waals surface area contributed by atoms with Crippen LogP contribution in [0, 0.1) is 6.92 Å². The van der Waals surface area contributed by atoms with E-state index in [9.17, 15) is 18.0 Å². The summed E-state index contributed by atoms with van der Waals surface area (Å²) >= 11 is 0. The second kappa shape index (κ2) is 8.37. The first-order valence-corrected chi connectivity index (χ1v) is 10.2. The number of carboxylic acids is 1. The van der Waals surface area contributed by atoms with E-state index in [1.54, 1.807) is 32.9 Å². The van der Waals surface area contributed by atoms with Crippen molar-refractivity contribution in [3.05, 3.63) is 29.3 Å². The molecule has 0 unspecified atom stereocenters. The number of aryl methyl sites for hydroxylation is 1. The number of hydrogen-bond donors (Lipinski definition) is 2. The van der Waals surface area contributed by atoms with Crippen molar-refractivity contribution in [2.75, 3.05) is 26.3 Å². The molecule has 1 amide bonds. The third-order valence-electron chi connectivity index (χ3n) is 4.45. The first-order chi connectivity index (χ1) is 12.5. The Balaban J connectivity index is 2.23. The highest BCUT2D eigenvalue weighted by Crippen LogP contribution is 2.23. The van der Waals surface area contributed by atoms with Crippen molar-refractivity contribution in [1.29, 1.82) is 0 Å². The highest BCUT2D eigenvalue weighted by molar-refractivity contribution is 7.89. The number of ether oxygens (including phenoxy) is 1. The molecule has 1 aromatic carbocycles. The van der Waals surface area contributed by atoms with Crippen molar-refractivity contribution >= 4 is 21.9 Å². The zero-order valence-electron chi connectivity index (χ0n) is 15.8. The Morgan fingerprint density at radius 3 is 2.48 bits per heavy atom. The fourth-order valence-corrected chi connectivity index (χ4v) is 4.47. The van der Waals surface area contributed by atoms with E-state index in [2.05, 4.69) is 5.32 Å². The molecule has 0 spiro atoms. The molecule has 1 aromatic rings. The summed E-state index contributed by atoms with van der Waals surface area (Å²) in [6, 6.07) is 4.55. The third-order valence-corrected chi connectivity index (χ3v) is 6.49. The molecule has 8 nitrogen and oxygen atoms in total. The first kappa shape index (κ1) is 21.3. The van der Waals surface area contributed by atoms with Gasteiger partial charge in [-0.25, -0.2) is 8.42 Å². The largest absolute Gasteiger partial charge is 0.481 e. The zero-order chi connectivity index (χ0) is 20.2. The Bertz CT molecular complexity index is 813. The van der Waals surface area contributed by atoms with Gasteiger partial charge in [0.05, 0.1) is 18.1 Å². The molecular weight excluding hydrogens is 372 g/mol. The lowest BCUT2D eigenvalue weighted by Crippen LogP contribution is -2.44. The van der Waals surface area contributed by atoms with E-state index in [0.29, 0.717) is 18.8 Å². The number of rotatable bonds is 7. The molecule has 1 heterocycles. The maximum Gasteiger partial charge on any atom is 0.303 e. The normalized spacial score (nSPS) is 16.1. The van der Waals surface area contributed by atoms with Crippen LogP contribution in [0.5, 0.6) is 0 Å². The molecule has 9 heteroatoms. The van der Waals surface area contributed by atoms with Crippen molar-refractivity contribution in [3.63, 3.8) is 0 Å². The van der Waals surface area contributed by atoms with Gasteiger partial charge in [-0.2, -0.15) is 4.31 Å². The SMILES string of the molecule is Cc1ccc(C(=O)NC(C)(C)CCC(=O)O)cc1S(=O)(=O)N1CCOCC1. The van der Waals surface area contributed by atoms with E-state index in [1.165, 1.54) is 10.4 Å². The van der Waals surface area contributed by atoms with Gasteiger partial charge in [-0.1, -0.05) is 6.07 Å². The minimum atomic E-state index is -3.72. The molecule has 1 saturated heterocycles. The van der Waals surface area contributed by atoms with E-state index in [-0.39, 0.29) is 36.4 Å². The number of hydrogen-bond acceptors (Lipinski definition) is 5. The predicted octanol–water partition coefficient (Wildman–Crippen LogP) is 1.39. The molecule has 0 saturated carbocycles. The van der Waals surface area contributed by atoms with Crippen LogP contribution in [0.15, 0.2) is 23.1 Å². The number of benzene rings is 1. The molecule has 150 valence electrons. The van der Waals surface area contributed by atoms with Gasteiger partial charge in [0.1, 0.15) is 0 Å². The highest BCUT2D eigenvalue weighted by Gasteiger charge is 2.29. The van der Waals surface area contributed by atoms with Gasteiger partial charge < -0.3 is 15.2 Å². The van der Waals surface area contributed by atoms with E-state index < -0.39 is 27.4 Å². The molecule has 1 aliphatic rings. The van der Waals surface area contributed by atoms with Gasteiger partial charge in [-0.15, -0.1) is 0 Å². The lowest BCUT2D eigenvalue weighted by Gasteiger charge is -2.27. The van der Waals surface area contributed by atoms with E-state index in [0.717, 1.165) is 0 Å². The summed E-state index contributed by atoms with van der Waals surface area (Å²) in [5, 5.41) is 11.6. The standard InChI is InChI=1S/C18H26N2O6S/c1-13-4-5-14(17(23)19-18(2,3)7-6-16(21)22)12-15(13)27(24,25)20-8-10-26-11-9-20/h4-5,12H,6-11H2,1-3H3,(H,19,23)(H,21,22). The number of carboxylic acid groups (broad SMARTS) is 1. The summed E-state index contributed by atoms with van der Waals surface area (Å²) in [7, 11) is -3.72. The lowest BCUT2D eigenvalue weighted by molar-refractivity contribution is -0.137. The van der Waals surface area contributed by atoms with Crippen molar-refractivity contribution in [1.82, 2.24) is 9.62 Å². The number of morpholine rings is 1. The van der Waals surface area contributed by atoms with Crippen LogP contribution in [0.2, 0.25) is 0 Å². The van der Waals surface area contributed by atoms with E-state index in [1.807, 2.05) is 0 Å². The van der Waals surface area contributed by atoms with Gasteiger partial charge >= 0.3 is 5.97 Å². The zero-order valence-corrected chi connectivity index (χ0v) is 16.6. The Labute approximate surface area is 159 Å².